The highest BCUT2D eigenvalue weighted by Gasteiger charge is 2.19. The number of halogens is 1. The first-order chi connectivity index (χ1) is 13.2. The van der Waals surface area contributed by atoms with Crippen molar-refractivity contribution in [3.63, 3.8) is 0 Å². The fraction of sp³-hybridized carbons (Fsp3) is 0.143. The van der Waals surface area contributed by atoms with Gasteiger partial charge in [0.1, 0.15) is 17.3 Å². The molecule has 6 heteroatoms. The SMILES string of the molecule is COc1c(-c2ccccc2F)nc2ccc(N(C)Cc3ccccc3)nn12. The maximum absolute atomic E-state index is 14.2. The van der Waals surface area contributed by atoms with Crippen LogP contribution in [0.2, 0.25) is 0 Å². The van der Waals surface area contributed by atoms with E-state index in [-0.39, 0.29) is 5.82 Å². The summed E-state index contributed by atoms with van der Waals surface area (Å²) in [4.78, 5) is 6.55. The van der Waals surface area contributed by atoms with Gasteiger partial charge in [0.05, 0.1) is 7.11 Å². The Balaban J connectivity index is 1.75. The molecule has 0 unspecified atom stereocenters. The maximum atomic E-state index is 14.2. The Bertz CT molecular complexity index is 1080. The monoisotopic (exact) mass is 362 g/mol. The zero-order chi connectivity index (χ0) is 18.8. The standard InChI is InChI=1S/C21H19FN4O/c1-25(14-15-8-4-3-5-9-15)19-13-12-18-23-20(21(27-2)26(18)24-19)16-10-6-7-11-17(16)22/h3-13H,14H2,1-2H3. The van der Waals surface area contributed by atoms with Crippen molar-refractivity contribution in [1.29, 1.82) is 0 Å². The molecule has 4 rings (SSSR count). The molecule has 0 N–H and O–H groups in total. The molecule has 0 saturated carbocycles. The minimum absolute atomic E-state index is 0.347. The Morgan fingerprint density at radius 3 is 2.48 bits per heavy atom. The van der Waals surface area contributed by atoms with Crippen molar-refractivity contribution in [2.45, 2.75) is 6.54 Å². The molecule has 27 heavy (non-hydrogen) atoms. The van der Waals surface area contributed by atoms with Gasteiger partial charge in [-0.25, -0.2) is 9.37 Å². The van der Waals surface area contributed by atoms with E-state index in [1.165, 1.54) is 18.7 Å². The molecule has 2 aromatic heterocycles. The molecule has 0 aliphatic heterocycles. The van der Waals surface area contributed by atoms with Crippen molar-refractivity contribution in [2.24, 2.45) is 0 Å². The minimum atomic E-state index is -0.347. The maximum Gasteiger partial charge on any atom is 0.243 e. The smallest absolute Gasteiger partial charge is 0.243 e. The van der Waals surface area contributed by atoms with E-state index >= 15 is 0 Å². The van der Waals surface area contributed by atoms with Gasteiger partial charge in [-0.3, -0.25) is 0 Å². The van der Waals surface area contributed by atoms with E-state index in [0.717, 1.165) is 12.4 Å². The van der Waals surface area contributed by atoms with Gasteiger partial charge in [-0.1, -0.05) is 42.5 Å². The number of anilines is 1. The predicted octanol–water partition coefficient (Wildman–Crippen LogP) is 4.18. The molecular weight excluding hydrogens is 343 g/mol. The largest absolute Gasteiger partial charge is 0.479 e. The number of aromatic nitrogens is 3. The normalized spacial score (nSPS) is 10.9. The summed E-state index contributed by atoms with van der Waals surface area (Å²) in [5.74, 6) is 0.827. The zero-order valence-electron chi connectivity index (χ0n) is 15.1. The van der Waals surface area contributed by atoms with Gasteiger partial charge < -0.3 is 9.64 Å². The second kappa shape index (κ2) is 7.07. The molecule has 0 amide bonds. The highest BCUT2D eigenvalue weighted by molar-refractivity contribution is 5.70. The number of hydrogen-bond donors (Lipinski definition) is 0. The summed E-state index contributed by atoms with van der Waals surface area (Å²) >= 11 is 0. The quantitative estimate of drug-likeness (QED) is 0.534. The van der Waals surface area contributed by atoms with Gasteiger partial charge in [0.15, 0.2) is 5.65 Å². The van der Waals surface area contributed by atoms with Gasteiger partial charge in [-0.15, -0.1) is 5.10 Å². The average molecular weight is 362 g/mol. The Morgan fingerprint density at radius 2 is 1.74 bits per heavy atom. The van der Waals surface area contributed by atoms with Crippen molar-refractivity contribution in [1.82, 2.24) is 14.6 Å². The summed E-state index contributed by atoms with van der Waals surface area (Å²) in [5.41, 5.74) is 2.61. The van der Waals surface area contributed by atoms with E-state index in [0.29, 0.717) is 22.8 Å². The van der Waals surface area contributed by atoms with Crippen LogP contribution in [0, 0.1) is 5.82 Å². The first-order valence-electron chi connectivity index (χ1n) is 8.61. The lowest BCUT2D eigenvalue weighted by molar-refractivity contribution is 0.389. The lowest BCUT2D eigenvalue weighted by Gasteiger charge is -2.18. The average Bonchev–Trinajstić information content (AvgIpc) is 3.06. The Morgan fingerprint density at radius 1 is 1.00 bits per heavy atom. The molecular formula is C21H19FN4O. The fourth-order valence-corrected chi connectivity index (χ4v) is 3.06. The zero-order valence-corrected chi connectivity index (χ0v) is 15.1. The molecule has 0 aliphatic carbocycles. The third-order valence-electron chi connectivity index (χ3n) is 4.40. The highest BCUT2D eigenvalue weighted by Crippen LogP contribution is 2.32. The third kappa shape index (κ3) is 3.21. The molecule has 0 atom stereocenters. The summed E-state index contributed by atoms with van der Waals surface area (Å²) in [6.45, 7) is 0.719. The number of nitrogens with zero attached hydrogens (tertiary/aromatic N) is 4. The summed E-state index contributed by atoms with van der Waals surface area (Å²) in [7, 11) is 3.51. The summed E-state index contributed by atoms with van der Waals surface area (Å²) in [5, 5.41) is 4.65. The van der Waals surface area contributed by atoms with Gasteiger partial charge in [0, 0.05) is 19.2 Å². The molecule has 0 bridgehead atoms. The number of hydrogen-bond acceptors (Lipinski definition) is 4. The number of ether oxygens (including phenoxy) is 1. The summed E-state index contributed by atoms with van der Waals surface area (Å²) in [6, 6.07) is 20.4. The Hall–Kier alpha value is -3.41. The first kappa shape index (κ1) is 17.0. The Kier molecular flexibility index (Phi) is 4.46. The highest BCUT2D eigenvalue weighted by atomic mass is 19.1. The van der Waals surface area contributed by atoms with Crippen LogP contribution in [0.25, 0.3) is 16.9 Å². The number of rotatable bonds is 5. The van der Waals surface area contributed by atoms with Crippen molar-refractivity contribution in [3.05, 3.63) is 78.1 Å². The van der Waals surface area contributed by atoms with E-state index in [2.05, 4.69) is 22.2 Å². The second-order valence-corrected chi connectivity index (χ2v) is 6.25. The van der Waals surface area contributed by atoms with Crippen LogP contribution in [-0.4, -0.2) is 28.8 Å². The predicted molar refractivity (Wildman–Crippen MR) is 103 cm³/mol. The van der Waals surface area contributed by atoms with Crippen LogP contribution in [-0.2, 0) is 6.54 Å². The first-order valence-corrected chi connectivity index (χ1v) is 8.61. The topological polar surface area (TPSA) is 42.7 Å². The minimum Gasteiger partial charge on any atom is -0.479 e. The summed E-state index contributed by atoms with van der Waals surface area (Å²) < 4.78 is 21.4. The van der Waals surface area contributed by atoms with E-state index in [9.17, 15) is 4.39 Å². The number of fused-ring (bicyclic) bond motifs is 1. The molecule has 0 spiro atoms. The van der Waals surface area contributed by atoms with E-state index in [1.54, 1.807) is 22.7 Å². The molecule has 5 nitrogen and oxygen atoms in total. The number of imidazole rings is 1. The van der Waals surface area contributed by atoms with Crippen LogP contribution >= 0.6 is 0 Å². The van der Waals surface area contributed by atoms with Crippen molar-refractivity contribution in [2.75, 3.05) is 19.1 Å². The van der Waals surface area contributed by atoms with Crippen LogP contribution in [0.15, 0.2) is 66.7 Å². The van der Waals surface area contributed by atoms with Crippen LogP contribution in [0.3, 0.4) is 0 Å². The fourth-order valence-electron chi connectivity index (χ4n) is 3.06. The van der Waals surface area contributed by atoms with Crippen LogP contribution in [0.4, 0.5) is 10.2 Å². The third-order valence-corrected chi connectivity index (χ3v) is 4.40. The molecule has 0 aliphatic rings. The molecule has 2 aromatic carbocycles. The van der Waals surface area contributed by atoms with Gasteiger partial charge in [0.25, 0.3) is 0 Å². The lowest BCUT2D eigenvalue weighted by Crippen LogP contribution is -2.18. The Labute approximate surface area is 156 Å². The van der Waals surface area contributed by atoms with Gasteiger partial charge in [-0.05, 0) is 29.8 Å². The van der Waals surface area contributed by atoms with Crippen molar-refractivity contribution < 1.29 is 9.13 Å². The van der Waals surface area contributed by atoms with Gasteiger partial charge in [0.2, 0.25) is 5.88 Å². The van der Waals surface area contributed by atoms with Gasteiger partial charge >= 0.3 is 0 Å². The number of methoxy groups -OCH3 is 1. The molecule has 0 radical (unpaired) electrons. The van der Waals surface area contributed by atoms with Crippen LogP contribution < -0.4 is 9.64 Å². The van der Waals surface area contributed by atoms with E-state index in [4.69, 9.17) is 4.74 Å². The molecule has 0 fully saturated rings. The molecule has 0 saturated heterocycles. The van der Waals surface area contributed by atoms with Crippen LogP contribution in [0.1, 0.15) is 5.56 Å². The van der Waals surface area contributed by atoms with Crippen molar-refractivity contribution >= 4 is 11.5 Å². The van der Waals surface area contributed by atoms with E-state index < -0.39 is 0 Å². The number of benzene rings is 2. The van der Waals surface area contributed by atoms with Gasteiger partial charge in [-0.2, -0.15) is 4.52 Å². The molecule has 2 heterocycles. The van der Waals surface area contributed by atoms with Crippen LogP contribution in [0.5, 0.6) is 5.88 Å². The van der Waals surface area contributed by atoms with E-state index in [1.807, 2.05) is 42.3 Å². The second-order valence-electron chi connectivity index (χ2n) is 6.25. The molecule has 136 valence electrons. The lowest BCUT2D eigenvalue weighted by atomic mass is 10.1. The van der Waals surface area contributed by atoms with Crippen molar-refractivity contribution in [3.8, 4) is 17.1 Å². The molecule has 4 aromatic rings. The summed E-state index contributed by atoms with van der Waals surface area (Å²) in [6.07, 6.45) is 0.